The number of fused-ring (bicyclic) bond motifs is 2. The molecule has 0 saturated heterocycles. The van der Waals surface area contributed by atoms with Crippen LogP contribution in [0, 0.1) is 0 Å². The van der Waals surface area contributed by atoms with Crippen molar-refractivity contribution in [3.8, 4) is 22.6 Å². The van der Waals surface area contributed by atoms with Crippen LogP contribution in [0.25, 0.3) is 22.0 Å². The highest BCUT2D eigenvalue weighted by molar-refractivity contribution is 6.12. The van der Waals surface area contributed by atoms with Crippen LogP contribution < -0.4 is 14.4 Å². The number of rotatable bonds is 6. The van der Waals surface area contributed by atoms with E-state index in [0.29, 0.717) is 63.4 Å². The van der Waals surface area contributed by atoms with E-state index in [4.69, 9.17) is 9.47 Å². The number of ether oxygens (including phenoxy) is 2. The smallest absolute Gasteiger partial charge is 0.435 e. The molecule has 5 aromatic rings. The summed E-state index contributed by atoms with van der Waals surface area (Å²) in [4.78, 5) is 28.5. The summed E-state index contributed by atoms with van der Waals surface area (Å²) in [5.41, 5.74) is 1.19. The lowest BCUT2D eigenvalue weighted by atomic mass is 9.88. The number of aryl methyl sites for hydroxylation is 1. The fraction of sp³-hybridized carbons (Fsp3) is 0.250. The molecule has 3 aromatic heterocycles. The Kier molecular flexibility index (Phi) is 6.36. The van der Waals surface area contributed by atoms with Crippen LogP contribution in [0.3, 0.4) is 0 Å². The number of benzene rings is 2. The summed E-state index contributed by atoms with van der Waals surface area (Å²) in [6.45, 7) is 0.493. The molecule has 210 valence electrons. The number of carbonyl (C=O) groups is 1. The monoisotopic (exact) mass is 563 g/mol. The first-order valence-electron chi connectivity index (χ1n) is 12.6. The van der Waals surface area contributed by atoms with Gasteiger partial charge in [-0.3, -0.25) is 14.4 Å². The lowest BCUT2D eigenvalue weighted by Gasteiger charge is -2.30. The molecular weight excluding hydrogens is 539 g/mol. The lowest BCUT2D eigenvalue weighted by Crippen LogP contribution is -2.38. The Morgan fingerprint density at radius 3 is 2.54 bits per heavy atom. The van der Waals surface area contributed by atoms with E-state index in [9.17, 15) is 18.0 Å². The molecule has 0 spiro atoms. The van der Waals surface area contributed by atoms with Crippen molar-refractivity contribution < 1.29 is 27.4 Å². The van der Waals surface area contributed by atoms with Gasteiger partial charge in [-0.15, -0.1) is 0 Å². The van der Waals surface area contributed by atoms with Crippen molar-refractivity contribution in [2.75, 3.05) is 25.7 Å². The van der Waals surface area contributed by atoms with Gasteiger partial charge in [0.05, 0.1) is 25.9 Å². The number of hydrogen-bond donors (Lipinski definition) is 0. The highest BCUT2D eigenvalue weighted by atomic mass is 19.4. The van der Waals surface area contributed by atoms with Crippen LogP contribution in [-0.4, -0.2) is 56.0 Å². The molecule has 0 unspecified atom stereocenters. The SMILES string of the molecule is COc1cc(OC)c2ncnc(N3CCc4c(cc(Cn5ccnc5)cc4-c4cn(C)nc4C(F)(F)F)C3=O)c2c1. The van der Waals surface area contributed by atoms with Crippen LogP contribution in [0.4, 0.5) is 19.0 Å². The third kappa shape index (κ3) is 4.62. The standard InChI is InChI=1S/C28H24F3N7O3/c1-36-13-22(25(35-36)28(29,30)31)19-8-16(12-37-7-5-32-15-37)9-20-18(19)4-6-38(27(20)39)26-21-10-17(40-2)11-23(41-3)24(21)33-14-34-26/h5,7-11,13-15H,4,6,12H2,1-3H3. The normalized spacial score (nSPS) is 13.5. The third-order valence-corrected chi connectivity index (χ3v) is 7.05. The first kappa shape index (κ1) is 26.3. The average molecular weight is 564 g/mol. The molecule has 2 aromatic carbocycles. The van der Waals surface area contributed by atoms with Crippen molar-refractivity contribution in [3.63, 3.8) is 0 Å². The van der Waals surface area contributed by atoms with E-state index in [1.54, 1.807) is 47.6 Å². The second-order valence-corrected chi connectivity index (χ2v) is 9.60. The number of hydrogen-bond acceptors (Lipinski definition) is 7. The second-order valence-electron chi connectivity index (χ2n) is 9.60. The molecule has 0 radical (unpaired) electrons. The summed E-state index contributed by atoms with van der Waals surface area (Å²) in [6, 6.07) is 6.83. The van der Waals surface area contributed by atoms with Crippen molar-refractivity contribution in [1.29, 1.82) is 0 Å². The van der Waals surface area contributed by atoms with Crippen molar-refractivity contribution in [2.24, 2.45) is 7.05 Å². The second kappa shape index (κ2) is 9.91. The number of aromatic nitrogens is 6. The molecule has 1 aliphatic heterocycles. The van der Waals surface area contributed by atoms with Crippen molar-refractivity contribution in [2.45, 2.75) is 19.1 Å². The Labute approximate surface area is 232 Å². The van der Waals surface area contributed by atoms with Gasteiger partial charge in [-0.2, -0.15) is 18.3 Å². The summed E-state index contributed by atoms with van der Waals surface area (Å²) in [7, 11) is 4.47. The Bertz CT molecular complexity index is 1780. The van der Waals surface area contributed by atoms with E-state index in [2.05, 4.69) is 20.1 Å². The summed E-state index contributed by atoms with van der Waals surface area (Å²) < 4.78 is 55.9. The van der Waals surface area contributed by atoms with Crippen LogP contribution in [0.5, 0.6) is 11.5 Å². The molecule has 0 saturated carbocycles. The fourth-order valence-corrected chi connectivity index (χ4v) is 5.27. The van der Waals surface area contributed by atoms with Gasteiger partial charge in [0.25, 0.3) is 5.91 Å². The maximum absolute atomic E-state index is 14.1. The minimum atomic E-state index is -4.67. The quantitative estimate of drug-likeness (QED) is 0.300. The number of anilines is 1. The zero-order valence-corrected chi connectivity index (χ0v) is 22.3. The molecule has 1 aliphatic rings. The van der Waals surface area contributed by atoms with Gasteiger partial charge in [0.2, 0.25) is 0 Å². The zero-order chi connectivity index (χ0) is 28.9. The minimum absolute atomic E-state index is 0.0769. The molecule has 13 heteroatoms. The van der Waals surface area contributed by atoms with Crippen LogP contribution in [-0.2, 0) is 26.2 Å². The minimum Gasteiger partial charge on any atom is -0.497 e. The number of halogens is 3. The molecule has 0 fully saturated rings. The topological polar surface area (TPSA) is 100 Å². The largest absolute Gasteiger partial charge is 0.497 e. The van der Waals surface area contributed by atoms with Gasteiger partial charge in [0, 0.05) is 55.9 Å². The predicted molar refractivity (Wildman–Crippen MR) is 143 cm³/mol. The number of methoxy groups -OCH3 is 2. The zero-order valence-electron chi connectivity index (χ0n) is 22.3. The molecule has 6 rings (SSSR count). The molecule has 41 heavy (non-hydrogen) atoms. The highest BCUT2D eigenvalue weighted by Crippen LogP contribution is 2.41. The van der Waals surface area contributed by atoms with Gasteiger partial charge < -0.3 is 14.0 Å². The van der Waals surface area contributed by atoms with Gasteiger partial charge in [-0.1, -0.05) is 0 Å². The van der Waals surface area contributed by atoms with Gasteiger partial charge in [0.1, 0.15) is 29.2 Å². The van der Waals surface area contributed by atoms with Gasteiger partial charge in [0.15, 0.2) is 5.69 Å². The third-order valence-electron chi connectivity index (χ3n) is 7.05. The van der Waals surface area contributed by atoms with E-state index in [-0.39, 0.29) is 18.0 Å². The van der Waals surface area contributed by atoms with E-state index in [1.165, 1.54) is 38.7 Å². The number of amides is 1. The van der Waals surface area contributed by atoms with Crippen molar-refractivity contribution in [1.82, 2.24) is 29.3 Å². The van der Waals surface area contributed by atoms with E-state index < -0.39 is 11.9 Å². The van der Waals surface area contributed by atoms with Gasteiger partial charge >= 0.3 is 6.18 Å². The molecule has 4 heterocycles. The van der Waals surface area contributed by atoms with E-state index in [1.807, 2.05) is 0 Å². The fourth-order valence-electron chi connectivity index (χ4n) is 5.27. The van der Waals surface area contributed by atoms with Crippen LogP contribution in [0.2, 0.25) is 0 Å². The van der Waals surface area contributed by atoms with E-state index >= 15 is 0 Å². The molecule has 0 bridgehead atoms. The Morgan fingerprint density at radius 1 is 1.02 bits per heavy atom. The summed E-state index contributed by atoms with van der Waals surface area (Å²) >= 11 is 0. The van der Waals surface area contributed by atoms with Crippen LogP contribution in [0.1, 0.15) is 27.2 Å². The van der Waals surface area contributed by atoms with E-state index in [0.717, 1.165) is 4.68 Å². The van der Waals surface area contributed by atoms with Crippen LogP contribution in [0.15, 0.2) is 55.5 Å². The summed E-state index contributed by atoms with van der Waals surface area (Å²) in [6.07, 6.45) is 3.26. The highest BCUT2D eigenvalue weighted by Gasteiger charge is 2.39. The molecule has 10 nitrogen and oxygen atoms in total. The van der Waals surface area contributed by atoms with Gasteiger partial charge in [-0.25, -0.2) is 15.0 Å². The Hall–Kier alpha value is -4.94. The number of imidazole rings is 1. The first-order chi connectivity index (χ1) is 19.7. The maximum Gasteiger partial charge on any atom is 0.435 e. The lowest BCUT2D eigenvalue weighted by molar-refractivity contribution is -0.140. The van der Waals surface area contributed by atoms with Crippen molar-refractivity contribution >= 4 is 22.6 Å². The molecular formula is C28H24F3N7O3. The average Bonchev–Trinajstić information content (AvgIpc) is 3.62. The molecule has 0 N–H and O–H groups in total. The summed E-state index contributed by atoms with van der Waals surface area (Å²) in [5, 5.41) is 4.24. The van der Waals surface area contributed by atoms with Crippen LogP contribution >= 0.6 is 0 Å². The Morgan fingerprint density at radius 2 is 1.83 bits per heavy atom. The Balaban J connectivity index is 1.52. The number of carbonyl (C=O) groups excluding carboxylic acids is 1. The first-order valence-corrected chi connectivity index (χ1v) is 12.6. The maximum atomic E-state index is 14.1. The number of nitrogens with zero attached hydrogens (tertiary/aromatic N) is 7. The molecule has 1 amide bonds. The molecule has 0 aliphatic carbocycles. The van der Waals surface area contributed by atoms with Crippen molar-refractivity contribution in [3.05, 3.63) is 77.9 Å². The van der Waals surface area contributed by atoms with Gasteiger partial charge in [-0.05, 0) is 41.3 Å². The predicted octanol–water partition coefficient (Wildman–Crippen LogP) is 4.51. The molecule has 0 atom stereocenters. The summed E-state index contributed by atoms with van der Waals surface area (Å²) in [5.74, 6) is 0.909. The number of alkyl halides is 3.